The maximum atomic E-state index is 13.3. The van der Waals surface area contributed by atoms with Gasteiger partial charge in [-0.2, -0.15) is 26.3 Å². The Kier molecular flexibility index (Phi) is 9.93. The number of carboxylic acids is 1. The van der Waals surface area contributed by atoms with Crippen LogP contribution in [0.25, 0.3) is 20.2 Å². The zero-order chi connectivity index (χ0) is 34.3. The molecule has 2 fully saturated rings. The molecule has 2 saturated heterocycles. The van der Waals surface area contributed by atoms with Crippen LogP contribution in [0.15, 0.2) is 41.8 Å². The first-order valence-electron chi connectivity index (χ1n) is 15.0. The summed E-state index contributed by atoms with van der Waals surface area (Å²) in [6, 6.07) is 8.24. The van der Waals surface area contributed by atoms with Crippen LogP contribution in [-0.4, -0.2) is 58.9 Å². The van der Waals surface area contributed by atoms with Crippen LogP contribution >= 0.6 is 22.7 Å². The lowest BCUT2D eigenvalue weighted by Gasteiger charge is -2.31. The van der Waals surface area contributed by atoms with E-state index in [1.54, 1.807) is 28.9 Å². The second-order valence-electron chi connectivity index (χ2n) is 11.8. The first kappa shape index (κ1) is 34.7. The second kappa shape index (κ2) is 13.5. The summed E-state index contributed by atoms with van der Waals surface area (Å²) in [5.41, 5.74) is 0.114. The van der Waals surface area contributed by atoms with Gasteiger partial charge < -0.3 is 14.9 Å². The van der Waals surface area contributed by atoms with Gasteiger partial charge in [-0.1, -0.05) is 24.3 Å². The highest BCUT2D eigenvalue weighted by atomic mass is 32.1. The molecule has 2 aliphatic rings. The van der Waals surface area contributed by atoms with Crippen LogP contribution in [0, 0.1) is 0 Å². The van der Waals surface area contributed by atoms with Gasteiger partial charge in [-0.25, -0.2) is 4.79 Å². The molecular weight excluding hydrogens is 666 g/mol. The normalized spacial score (nSPS) is 16.8. The molecule has 2 amide bonds. The van der Waals surface area contributed by atoms with E-state index in [0.717, 1.165) is 30.5 Å². The Bertz CT molecular complexity index is 1800. The number of carbonyl (C=O) groups is 3. The van der Waals surface area contributed by atoms with Gasteiger partial charge in [0.05, 0.1) is 11.1 Å². The molecule has 0 unspecified atom stereocenters. The summed E-state index contributed by atoms with van der Waals surface area (Å²) in [5.74, 6) is -1.13. The molecule has 2 aromatic carbocycles. The lowest BCUT2D eigenvalue weighted by Crippen LogP contribution is -2.36. The number of carboxylic acid groups (broad SMARTS) is 1. The molecule has 0 spiro atoms. The monoisotopic (exact) mass is 698 g/mol. The summed E-state index contributed by atoms with van der Waals surface area (Å²) in [5, 5.41) is 12.4. The van der Waals surface area contributed by atoms with E-state index in [-0.39, 0.29) is 33.2 Å². The number of rotatable bonds is 3. The lowest BCUT2D eigenvalue weighted by atomic mass is 9.87. The van der Waals surface area contributed by atoms with Crippen LogP contribution in [-0.2, 0) is 21.9 Å². The minimum Gasteiger partial charge on any atom is -0.477 e. The number of halogens is 6. The molecule has 0 bridgehead atoms. The molecule has 2 aliphatic heterocycles. The highest BCUT2D eigenvalue weighted by molar-refractivity contribution is 7.21. The molecule has 0 saturated carbocycles. The Labute approximate surface area is 274 Å². The smallest absolute Gasteiger partial charge is 0.417 e. The topological polar surface area (TPSA) is 77.9 Å². The first-order chi connectivity index (χ1) is 22.1. The average molecular weight is 699 g/mol. The van der Waals surface area contributed by atoms with Crippen LogP contribution in [0.1, 0.15) is 83.3 Å². The van der Waals surface area contributed by atoms with Crippen molar-refractivity contribution < 1.29 is 45.8 Å². The van der Waals surface area contributed by atoms with Gasteiger partial charge in [-0.3, -0.25) is 9.59 Å². The van der Waals surface area contributed by atoms with Gasteiger partial charge in [0.1, 0.15) is 4.88 Å². The van der Waals surface area contributed by atoms with Crippen molar-refractivity contribution in [3.05, 3.63) is 68.9 Å². The van der Waals surface area contributed by atoms with Gasteiger partial charge in [0.25, 0.3) is 0 Å². The third kappa shape index (κ3) is 7.28. The largest absolute Gasteiger partial charge is 0.477 e. The van der Waals surface area contributed by atoms with E-state index in [0.29, 0.717) is 71.4 Å². The molecular formula is C33H32F6N2O4S2. The fraction of sp³-hybridized carbons (Fsp3) is 0.424. The predicted molar refractivity (Wildman–Crippen MR) is 169 cm³/mol. The number of thiophene rings is 2. The summed E-state index contributed by atoms with van der Waals surface area (Å²) in [7, 11) is 0. The Morgan fingerprint density at radius 3 is 1.66 bits per heavy atom. The number of alkyl halides is 6. The molecule has 252 valence electrons. The van der Waals surface area contributed by atoms with Crippen molar-refractivity contribution in [3.63, 3.8) is 0 Å². The van der Waals surface area contributed by atoms with Crippen LogP contribution in [0.5, 0.6) is 0 Å². The third-order valence-corrected chi connectivity index (χ3v) is 11.2. The molecule has 0 aliphatic carbocycles. The zero-order valence-electron chi connectivity index (χ0n) is 25.5. The van der Waals surface area contributed by atoms with Gasteiger partial charge in [-0.05, 0) is 76.9 Å². The molecule has 0 atom stereocenters. The Balaban J connectivity index is 0.000000186. The van der Waals surface area contributed by atoms with Gasteiger partial charge in [0, 0.05) is 49.4 Å². The van der Waals surface area contributed by atoms with Crippen molar-refractivity contribution in [3.8, 4) is 0 Å². The van der Waals surface area contributed by atoms with E-state index in [4.69, 9.17) is 0 Å². The predicted octanol–water partition coefficient (Wildman–Crippen LogP) is 8.99. The van der Waals surface area contributed by atoms with Crippen molar-refractivity contribution >= 4 is 60.6 Å². The van der Waals surface area contributed by atoms with E-state index in [1.807, 2.05) is 5.38 Å². The number of piperidine rings is 2. The zero-order valence-corrected chi connectivity index (χ0v) is 27.1. The molecule has 14 heteroatoms. The summed E-state index contributed by atoms with van der Waals surface area (Å²) in [6.45, 7) is 5.34. The van der Waals surface area contributed by atoms with Crippen LogP contribution < -0.4 is 0 Å². The minimum absolute atomic E-state index is 0.0311. The van der Waals surface area contributed by atoms with E-state index in [1.165, 1.54) is 30.4 Å². The van der Waals surface area contributed by atoms with Crippen molar-refractivity contribution in [2.45, 2.75) is 63.7 Å². The van der Waals surface area contributed by atoms with E-state index in [2.05, 4.69) is 0 Å². The maximum absolute atomic E-state index is 13.3. The Morgan fingerprint density at radius 1 is 0.723 bits per heavy atom. The Morgan fingerprint density at radius 2 is 1.19 bits per heavy atom. The minimum atomic E-state index is -4.53. The van der Waals surface area contributed by atoms with Gasteiger partial charge in [0.2, 0.25) is 11.8 Å². The molecule has 2 aromatic heterocycles. The third-order valence-electron chi connectivity index (χ3n) is 8.92. The standard InChI is InChI=1S/C17H16F3NO3S.C16H16F3NOS/c1-9(22)21-7-5-10(6-8-21)13-11-3-2-4-12(17(18,19)20)14(11)25-15(13)16(23)24;1-10(21)20-7-5-11(6-8-20)13-9-22-15-12(13)3-2-4-14(15)16(17,18)19/h2-4,10H,5-8H2,1H3,(H,23,24);2-4,9,11H,5-8H2,1H3. The number of hydrogen-bond acceptors (Lipinski definition) is 5. The molecule has 0 radical (unpaired) electrons. The first-order valence-corrected chi connectivity index (χ1v) is 16.7. The van der Waals surface area contributed by atoms with E-state index in [9.17, 15) is 45.8 Å². The number of carbonyl (C=O) groups excluding carboxylic acids is 2. The number of amides is 2. The van der Waals surface area contributed by atoms with Crippen LogP contribution in [0.2, 0.25) is 0 Å². The van der Waals surface area contributed by atoms with Crippen molar-refractivity contribution in [2.24, 2.45) is 0 Å². The number of nitrogens with zero attached hydrogens (tertiary/aromatic N) is 2. The summed E-state index contributed by atoms with van der Waals surface area (Å²) < 4.78 is 79.3. The number of benzene rings is 2. The van der Waals surface area contributed by atoms with E-state index < -0.39 is 29.4 Å². The molecule has 6 rings (SSSR count). The number of hydrogen-bond donors (Lipinski definition) is 1. The van der Waals surface area contributed by atoms with Crippen LogP contribution in [0.3, 0.4) is 0 Å². The lowest BCUT2D eigenvalue weighted by molar-refractivity contribution is -0.137. The average Bonchev–Trinajstić information content (AvgIpc) is 3.63. The number of fused-ring (bicyclic) bond motifs is 2. The number of likely N-dealkylation sites (tertiary alicyclic amines) is 2. The highest BCUT2D eigenvalue weighted by Crippen LogP contribution is 2.46. The highest BCUT2D eigenvalue weighted by Gasteiger charge is 2.37. The molecule has 1 N–H and O–H groups in total. The van der Waals surface area contributed by atoms with Crippen molar-refractivity contribution in [2.75, 3.05) is 26.2 Å². The molecule has 47 heavy (non-hydrogen) atoms. The van der Waals surface area contributed by atoms with Crippen LogP contribution in [0.4, 0.5) is 26.3 Å². The maximum Gasteiger partial charge on any atom is 0.417 e. The van der Waals surface area contributed by atoms with Gasteiger partial charge in [0.15, 0.2) is 0 Å². The fourth-order valence-corrected chi connectivity index (χ4v) is 8.98. The molecule has 6 nitrogen and oxygen atoms in total. The Hall–Kier alpha value is -3.65. The summed E-state index contributed by atoms with van der Waals surface area (Å²) >= 11 is 1.85. The quantitative estimate of drug-likeness (QED) is 0.217. The number of aromatic carboxylic acids is 1. The fourth-order valence-electron chi connectivity index (χ4n) is 6.53. The SMILES string of the molecule is CC(=O)N1CCC(c2c(C(=O)O)sc3c(C(F)(F)F)cccc23)CC1.CC(=O)N1CCC(c2csc3c(C(F)(F)F)cccc23)CC1. The van der Waals surface area contributed by atoms with Gasteiger partial charge in [-0.15, -0.1) is 22.7 Å². The van der Waals surface area contributed by atoms with Crippen molar-refractivity contribution in [1.82, 2.24) is 9.80 Å². The molecule has 4 heterocycles. The second-order valence-corrected chi connectivity index (χ2v) is 13.7. The van der Waals surface area contributed by atoms with E-state index >= 15 is 0 Å². The van der Waals surface area contributed by atoms with Crippen molar-refractivity contribution in [1.29, 1.82) is 0 Å². The van der Waals surface area contributed by atoms with Gasteiger partial charge >= 0.3 is 18.3 Å². The summed E-state index contributed by atoms with van der Waals surface area (Å²) in [6.07, 6.45) is -6.15. The molecule has 4 aromatic rings. The summed E-state index contributed by atoms with van der Waals surface area (Å²) in [4.78, 5) is 37.9.